The lowest BCUT2D eigenvalue weighted by atomic mass is 9.87. The minimum atomic E-state index is -0.224. The summed E-state index contributed by atoms with van der Waals surface area (Å²) in [6.07, 6.45) is 1.45. The van der Waals surface area contributed by atoms with Crippen molar-refractivity contribution in [2.45, 2.75) is 31.1 Å². The van der Waals surface area contributed by atoms with Crippen LogP contribution < -0.4 is 4.72 Å². The van der Waals surface area contributed by atoms with Crippen molar-refractivity contribution >= 4 is 35.0 Å². The third-order valence-corrected chi connectivity index (χ3v) is 5.43. The van der Waals surface area contributed by atoms with Crippen molar-refractivity contribution in [2.24, 2.45) is 0 Å². The summed E-state index contributed by atoms with van der Waals surface area (Å²) >= 11 is 7.56. The predicted molar refractivity (Wildman–Crippen MR) is 118 cm³/mol. The molecular formula is C23H20ClN3OS. The van der Waals surface area contributed by atoms with Crippen molar-refractivity contribution in [3.63, 3.8) is 0 Å². The first-order chi connectivity index (χ1) is 13.8. The third kappa shape index (κ3) is 5.17. The first kappa shape index (κ1) is 20.9. The molecule has 1 N–H and O–H groups in total. The third-order valence-electron chi connectivity index (χ3n) is 4.36. The molecule has 0 radical (unpaired) electrons. The molecule has 4 nitrogen and oxygen atoms in total. The fourth-order valence-electron chi connectivity index (χ4n) is 2.72. The van der Waals surface area contributed by atoms with E-state index in [4.69, 9.17) is 16.9 Å². The molecule has 3 aromatic rings. The summed E-state index contributed by atoms with van der Waals surface area (Å²) in [5, 5.41) is 9.50. The molecule has 1 aromatic heterocycles. The number of anilines is 1. The van der Waals surface area contributed by atoms with Crippen LogP contribution in [0.15, 0.2) is 65.7 Å². The highest BCUT2D eigenvalue weighted by atomic mass is 35.5. The molecule has 0 fully saturated rings. The van der Waals surface area contributed by atoms with Gasteiger partial charge < -0.3 is 4.72 Å². The second-order valence-electron chi connectivity index (χ2n) is 7.54. The van der Waals surface area contributed by atoms with Gasteiger partial charge in [0.15, 0.2) is 5.78 Å². The molecule has 0 atom stereocenters. The molecule has 0 aliphatic rings. The number of hydrogen-bond donors (Lipinski definition) is 1. The van der Waals surface area contributed by atoms with Gasteiger partial charge in [-0.15, -0.1) is 0 Å². The minimum Gasteiger partial charge on any atom is -0.325 e. The summed E-state index contributed by atoms with van der Waals surface area (Å²) in [4.78, 5) is 18.0. The lowest BCUT2D eigenvalue weighted by Crippen LogP contribution is -2.10. The van der Waals surface area contributed by atoms with Crippen LogP contribution >= 0.6 is 23.5 Å². The average Bonchev–Trinajstić information content (AvgIpc) is 2.72. The highest BCUT2D eigenvalue weighted by Gasteiger charge is 2.16. The van der Waals surface area contributed by atoms with E-state index in [1.54, 1.807) is 24.3 Å². The normalized spacial score (nSPS) is 11.0. The number of aromatic nitrogens is 1. The second-order valence-corrected chi connectivity index (χ2v) is 8.86. The Morgan fingerprint density at radius 1 is 1.10 bits per heavy atom. The Bertz CT molecular complexity index is 1080. The molecule has 2 aromatic carbocycles. The topological polar surface area (TPSA) is 65.8 Å². The summed E-state index contributed by atoms with van der Waals surface area (Å²) < 4.78 is 3.25. The van der Waals surface area contributed by atoms with Crippen LogP contribution in [0.4, 0.5) is 5.69 Å². The fraction of sp³-hybridized carbons (Fsp3) is 0.174. The highest BCUT2D eigenvalue weighted by Crippen LogP contribution is 2.30. The molecule has 146 valence electrons. The van der Waals surface area contributed by atoms with Crippen molar-refractivity contribution in [1.82, 2.24) is 4.98 Å². The van der Waals surface area contributed by atoms with Crippen molar-refractivity contribution in [3.8, 4) is 6.07 Å². The molecule has 1 heterocycles. The van der Waals surface area contributed by atoms with Crippen LogP contribution in [0.2, 0.25) is 5.02 Å². The van der Waals surface area contributed by atoms with Crippen LogP contribution in [-0.2, 0) is 5.41 Å². The van der Waals surface area contributed by atoms with Gasteiger partial charge >= 0.3 is 0 Å². The summed E-state index contributed by atoms with van der Waals surface area (Å²) in [6, 6.07) is 18.5. The Kier molecular flexibility index (Phi) is 6.26. The zero-order chi connectivity index (χ0) is 21.0. The average molecular weight is 422 g/mol. The van der Waals surface area contributed by atoms with Gasteiger partial charge in [0, 0.05) is 27.2 Å². The number of nitriles is 1. The van der Waals surface area contributed by atoms with E-state index in [1.165, 1.54) is 29.8 Å². The van der Waals surface area contributed by atoms with Gasteiger partial charge in [-0.05, 0) is 65.4 Å². The van der Waals surface area contributed by atoms with E-state index in [-0.39, 0.29) is 16.9 Å². The van der Waals surface area contributed by atoms with E-state index in [9.17, 15) is 4.79 Å². The Morgan fingerprint density at radius 3 is 2.48 bits per heavy atom. The molecule has 0 saturated carbocycles. The number of halogens is 1. The smallest absolute Gasteiger partial charge is 0.195 e. The van der Waals surface area contributed by atoms with Gasteiger partial charge in [-0.3, -0.25) is 4.79 Å². The van der Waals surface area contributed by atoms with Crippen molar-refractivity contribution < 1.29 is 4.79 Å². The molecular weight excluding hydrogens is 402 g/mol. The van der Waals surface area contributed by atoms with E-state index in [0.29, 0.717) is 21.8 Å². The molecule has 29 heavy (non-hydrogen) atoms. The van der Waals surface area contributed by atoms with E-state index in [2.05, 4.69) is 54.7 Å². The monoisotopic (exact) mass is 421 g/mol. The van der Waals surface area contributed by atoms with Gasteiger partial charge in [0.05, 0.1) is 5.69 Å². The lowest BCUT2D eigenvalue weighted by molar-refractivity contribution is 0.103. The van der Waals surface area contributed by atoms with Crippen LogP contribution in [0.5, 0.6) is 0 Å². The number of rotatable bonds is 5. The maximum absolute atomic E-state index is 13.0. The quantitative estimate of drug-likeness (QED) is 0.389. The van der Waals surface area contributed by atoms with E-state index >= 15 is 0 Å². The summed E-state index contributed by atoms with van der Waals surface area (Å²) in [6.45, 7) is 6.53. The largest absolute Gasteiger partial charge is 0.325 e. The fourth-order valence-corrected chi connectivity index (χ4v) is 3.57. The maximum Gasteiger partial charge on any atom is 0.195 e. The number of hydrogen-bond acceptors (Lipinski definition) is 5. The number of carbonyl (C=O) groups excluding carboxylic acids is 1. The SMILES string of the molecule is CC(C)(C)c1ccc(SNc2ccc(Cl)cc2C(=O)c2ccnc(C#N)c2)cc1. The van der Waals surface area contributed by atoms with E-state index < -0.39 is 0 Å². The molecule has 0 amide bonds. The standard InChI is InChI=1S/C23H20ClN3OS/c1-23(2,3)16-4-7-19(8-5-16)29-27-21-9-6-17(24)13-20(21)22(28)15-10-11-26-18(12-15)14-25/h4-13,27H,1-3H3. The van der Waals surface area contributed by atoms with Gasteiger partial charge in [-0.1, -0.05) is 44.5 Å². The van der Waals surface area contributed by atoms with Crippen LogP contribution in [-0.4, -0.2) is 10.8 Å². The van der Waals surface area contributed by atoms with E-state index in [1.807, 2.05) is 6.07 Å². The second kappa shape index (κ2) is 8.69. The summed E-state index contributed by atoms with van der Waals surface area (Å²) in [5.41, 5.74) is 3.03. The Balaban J connectivity index is 1.83. The number of ketones is 1. The molecule has 0 spiro atoms. The highest BCUT2D eigenvalue weighted by molar-refractivity contribution is 8.00. The molecule has 6 heteroatoms. The Hall–Kier alpha value is -2.81. The molecule has 0 saturated heterocycles. The Morgan fingerprint density at radius 2 is 1.83 bits per heavy atom. The summed E-state index contributed by atoms with van der Waals surface area (Å²) in [5.74, 6) is -0.224. The first-order valence-electron chi connectivity index (χ1n) is 9.02. The number of nitrogens with zero attached hydrogens (tertiary/aromatic N) is 2. The van der Waals surface area contributed by atoms with Crippen LogP contribution in [0.3, 0.4) is 0 Å². The lowest BCUT2D eigenvalue weighted by Gasteiger charge is -2.19. The predicted octanol–water partition coefficient (Wildman–Crippen LogP) is 6.25. The molecule has 0 aliphatic heterocycles. The molecule has 0 unspecified atom stereocenters. The van der Waals surface area contributed by atoms with E-state index in [0.717, 1.165) is 4.90 Å². The number of pyridine rings is 1. The minimum absolute atomic E-state index is 0.0964. The van der Waals surface area contributed by atoms with Gasteiger partial charge in [0.2, 0.25) is 0 Å². The Labute approximate surface area is 180 Å². The van der Waals surface area contributed by atoms with Crippen molar-refractivity contribution in [3.05, 3.63) is 88.2 Å². The zero-order valence-corrected chi connectivity index (χ0v) is 17.9. The van der Waals surface area contributed by atoms with Crippen LogP contribution in [0.25, 0.3) is 0 Å². The van der Waals surface area contributed by atoms with Gasteiger partial charge in [-0.25, -0.2) is 4.98 Å². The van der Waals surface area contributed by atoms with Crippen LogP contribution in [0.1, 0.15) is 48.0 Å². The van der Waals surface area contributed by atoms with Gasteiger partial charge in [0.25, 0.3) is 0 Å². The van der Waals surface area contributed by atoms with Gasteiger partial charge in [-0.2, -0.15) is 5.26 Å². The molecule has 0 aliphatic carbocycles. The first-order valence-corrected chi connectivity index (χ1v) is 10.2. The number of benzene rings is 2. The van der Waals surface area contributed by atoms with Crippen LogP contribution in [0, 0.1) is 11.3 Å². The molecule has 0 bridgehead atoms. The van der Waals surface area contributed by atoms with Gasteiger partial charge in [0.1, 0.15) is 11.8 Å². The number of nitrogens with one attached hydrogen (secondary N) is 1. The van der Waals surface area contributed by atoms with Crippen molar-refractivity contribution in [1.29, 1.82) is 5.26 Å². The zero-order valence-electron chi connectivity index (χ0n) is 16.4. The maximum atomic E-state index is 13.0. The molecule has 3 rings (SSSR count). The summed E-state index contributed by atoms with van der Waals surface area (Å²) in [7, 11) is 0. The number of carbonyl (C=O) groups is 1. The van der Waals surface area contributed by atoms with Crippen molar-refractivity contribution in [2.75, 3.05) is 4.72 Å².